The van der Waals surface area contributed by atoms with Crippen LogP contribution in [0.5, 0.6) is 11.5 Å². The fraction of sp³-hybridized carbons (Fsp3) is 0.375. The molecule has 1 aromatic heterocycles. The summed E-state index contributed by atoms with van der Waals surface area (Å²) in [6.07, 6.45) is 3.78. The number of aryl methyl sites for hydroxylation is 1. The highest BCUT2D eigenvalue weighted by atomic mass is 32.1. The average Bonchev–Trinajstić information content (AvgIpc) is 3.63. The van der Waals surface area contributed by atoms with Gasteiger partial charge in [0, 0.05) is 12.0 Å². The first kappa shape index (κ1) is 29.3. The van der Waals surface area contributed by atoms with Crippen LogP contribution in [0.25, 0.3) is 5.76 Å². The number of anilines is 1. The number of thiazole rings is 1. The maximum Gasteiger partial charge on any atom is 0.350 e. The Morgan fingerprint density at radius 2 is 1.90 bits per heavy atom. The lowest BCUT2D eigenvalue weighted by Crippen LogP contribution is -2.29. The van der Waals surface area contributed by atoms with Crippen molar-refractivity contribution >= 4 is 39.9 Å². The Hall–Kier alpha value is -4.18. The van der Waals surface area contributed by atoms with Crippen molar-refractivity contribution in [3.8, 4) is 11.5 Å². The largest absolute Gasteiger partial charge is 0.507 e. The summed E-state index contributed by atoms with van der Waals surface area (Å²) >= 11 is 0.976. The van der Waals surface area contributed by atoms with Crippen LogP contribution in [0, 0.1) is 6.92 Å². The van der Waals surface area contributed by atoms with Crippen LogP contribution < -0.4 is 14.4 Å². The molecule has 1 fully saturated rings. The van der Waals surface area contributed by atoms with Gasteiger partial charge in [0.1, 0.15) is 28.2 Å². The van der Waals surface area contributed by atoms with E-state index in [1.165, 1.54) is 4.90 Å². The van der Waals surface area contributed by atoms with Crippen molar-refractivity contribution in [1.82, 2.24) is 4.98 Å². The number of nitrogens with zero attached hydrogens (tertiary/aromatic N) is 2. The van der Waals surface area contributed by atoms with Crippen molar-refractivity contribution in [3.63, 3.8) is 0 Å². The number of carbonyl (C=O) groups is 3. The molecule has 0 radical (unpaired) electrons. The molecule has 0 spiro atoms. The van der Waals surface area contributed by atoms with E-state index in [4.69, 9.17) is 14.2 Å². The minimum atomic E-state index is -0.983. The number of rotatable bonds is 10. The van der Waals surface area contributed by atoms with E-state index >= 15 is 0 Å². The number of ketones is 1. The number of fused-ring (bicyclic) bond motifs is 1. The van der Waals surface area contributed by atoms with E-state index < -0.39 is 23.7 Å². The third-order valence-corrected chi connectivity index (χ3v) is 8.42. The number of benzene rings is 2. The molecule has 42 heavy (non-hydrogen) atoms. The lowest BCUT2D eigenvalue weighted by molar-refractivity contribution is -0.132. The number of aromatic nitrogens is 1. The van der Waals surface area contributed by atoms with Gasteiger partial charge in [-0.15, -0.1) is 0 Å². The van der Waals surface area contributed by atoms with Gasteiger partial charge in [-0.3, -0.25) is 14.5 Å². The molecule has 0 saturated carbocycles. The van der Waals surface area contributed by atoms with Crippen LogP contribution in [0.1, 0.15) is 78.1 Å². The standard InChI is InChI=1S/C32H34N2O7S/c1-5-7-8-15-40-23-12-9-20(10-13-23)26-25(27(35)21-11-14-24-22(17-21)16-18(3)41-24)28(36)30(37)34(26)32-33-19(4)29(42-32)31(38)39-6-2/h9-14,17-18,26,35H,5-8,15-16H2,1-4H3/b27-25+. The Bertz CT molecular complexity index is 1540. The zero-order valence-electron chi connectivity index (χ0n) is 24.1. The van der Waals surface area contributed by atoms with E-state index in [0.717, 1.165) is 41.9 Å². The summed E-state index contributed by atoms with van der Waals surface area (Å²) in [6, 6.07) is 11.4. The SMILES string of the molecule is CCCCCOc1ccc(C2/C(=C(\O)c3ccc4c(c3)CC(C)O4)C(=O)C(=O)N2c2nc(C)c(C(=O)OCC)s2)cc1. The number of aliphatic hydroxyl groups excluding tert-OH is 1. The Labute approximate surface area is 248 Å². The number of hydrogen-bond donors (Lipinski definition) is 1. The molecule has 0 bridgehead atoms. The Morgan fingerprint density at radius 3 is 2.62 bits per heavy atom. The summed E-state index contributed by atoms with van der Waals surface area (Å²) in [4.78, 5) is 45.7. The van der Waals surface area contributed by atoms with Gasteiger partial charge < -0.3 is 19.3 Å². The molecule has 9 nitrogen and oxygen atoms in total. The van der Waals surface area contributed by atoms with Crippen molar-refractivity contribution in [2.45, 2.75) is 65.5 Å². The maximum absolute atomic E-state index is 13.6. The minimum absolute atomic E-state index is 0.00687. The third-order valence-electron chi connectivity index (χ3n) is 7.28. The highest BCUT2D eigenvalue weighted by Crippen LogP contribution is 2.44. The molecule has 1 amide bonds. The molecule has 2 aromatic carbocycles. The topological polar surface area (TPSA) is 115 Å². The van der Waals surface area contributed by atoms with E-state index in [-0.39, 0.29) is 34.1 Å². The van der Waals surface area contributed by atoms with Crippen LogP contribution in [-0.4, -0.2) is 47.1 Å². The molecule has 5 rings (SSSR count). The molecule has 220 valence electrons. The molecular weight excluding hydrogens is 556 g/mol. The van der Waals surface area contributed by atoms with Gasteiger partial charge >= 0.3 is 11.9 Å². The lowest BCUT2D eigenvalue weighted by Gasteiger charge is -2.23. The Kier molecular flexibility index (Phi) is 8.63. The smallest absolute Gasteiger partial charge is 0.350 e. The number of hydrogen-bond acceptors (Lipinski definition) is 9. The number of aliphatic hydroxyl groups is 1. The summed E-state index contributed by atoms with van der Waals surface area (Å²) in [5, 5.41) is 11.7. The van der Waals surface area contributed by atoms with E-state index in [2.05, 4.69) is 11.9 Å². The molecule has 1 saturated heterocycles. The zero-order valence-corrected chi connectivity index (χ0v) is 25.0. The molecule has 0 aliphatic carbocycles. The number of ether oxygens (including phenoxy) is 3. The van der Waals surface area contributed by atoms with Crippen LogP contribution in [0.2, 0.25) is 0 Å². The van der Waals surface area contributed by atoms with E-state index in [0.29, 0.717) is 35.6 Å². The summed E-state index contributed by atoms with van der Waals surface area (Å²) < 4.78 is 16.8. The van der Waals surface area contributed by atoms with Gasteiger partial charge in [0.25, 0.3) is 5.78 Å². The van der Waals surface area contributed by atoms with Crippen LogP contribution in [-0.2, 0) is 20.7 Å². The van der Waals surface area contributed by atoms with Gasteiger partial charge in [-0.25, -0.2) is 9.78 Å². The molecule has 2 atom stereocenters. The number of amides is 1. The molecule has 10 heteroatoms. The van der Waals surface area contributed by atoms with Crippen molar-refractivity contribution in [3.05, 3.63) is 75.3 Å². The monoisotopic (exact) mass is 590 g/mol. The maximum atomic E-state index is 13.6. The number of unbranched alkanes of at least 4 members (excludes halogenated alkanes) is 2. The molecule has 3 heterocycles. The highest BCUT2D eigenvalue weighted by Gasteiger charge is 2.48. The first-order valence-corrected chi connectivity index (χ1v) is 15.0. The molecule has 1 N–H and O–H groups in total. The number of Topliss-reactive ketones (excluding diaryl/α,β-unsaturated/α-hetero) is 1. The van der Waals surface area contributed by atoms with Gasteiger partial charge in [-0.2, -0.15) is 0 Å². The Balaban J connectivity index is 1.58. The van der Waals surface area contributed by atoms with Crippen LogP contribution in [0.3, 0.4) is 0 Å². The van der Waals surface area contributed by atoms with Crippen molar-refractivity contribution in [2.24, 2.45) is 0 Å². The molecule has 3 aromatic rings. The van der Waals surface area contributed by atoms with Crippen LogP contribution in [0.15, 0.2) is 48.0 Å². The predicted molar refractivity (Wildman–Crippen MR) is 159 cm³/mol. The second kappa shape index (κ2) is 12.4. The fourth-order valence-corrected chi connectivity index (χ4v) is 6.22. The second-order valence-corrected chi connectivity index (χ2v) is 11.4. The summed E-state index contributed by atoms with van der Waals surface area (Å²) in [7, 11) is 0. The summed E-state index contributed by atoms with van der Waals surface area (Å²) in [5.41, 5.74) is 2.23. The van der Waals surface area contributed by atoms with Gasteiger partial charge in [0.2, 0.25) is 0 Å². The summed E-state index contributed by atoms with van der Waals surface area (Å²) in [6.45, 7) is 8.21. The van der Waals surface area contributed by atoms with E-state index in [9.17, 15) is 19.5 Å². The lowest BCUT2D eigenvalue weighted by atomic mass is 9.94. The highest BCUT2D eigenvalue weighted by molar-refractivity contribution is 7.17. The first-order chi connectivity index (χ1) is 20.2. The normalized spacial score (nSPS) is 19.1. The van der Waals surface area contributed by atoms with Gasteiger partial charge in [-0.05, 0) is 68.7 Å². The fourth-order valence-electron chi connectivity index (χ4n) is 5.23. The van der Waals surface area contributed by atoms with Crippen LogP contribution in [0.4, 0.5) is 5.13 Å². The Morgan fingerprint density at radius 1 is 1.14 bits per heavy atom. The van der Waals surface area contributed by atoms with Crippen molar-refractivity contribution < 1.29 is 33.7 Å². The van der Waals surface area contributed by atoms with Gasteiger partial charge in [0.05, 0.1) is 30.5 Å². The third kappa shape index (κ3) is 5.63. The number of carbonyl (C=O) groups excluding carboxylic acids is 3. The zero-order chi connectivity index (χ0) is 30.0. The van der Waals surface area contributed by atoms with Crippen LogP contribution >= 0.6 is 11.3 Å². The first-order valence-electron chi connectivity index (χ1n) is 14.2. The van der Waals surface area contributed by atoms with Crippen molar-refractivity contribution in [2.75, 3.05) is 18.1 Å². The molecule has 2 aliphatic heterocycles. The molecule has 2 aliphatic rings. The van der Waals surface area contributed by atoms with Gasteiger partial charge in [0.15, 0.2) is 5.13 Å². The van der Waals surface area contributed by atoms with E-state index in [1.807, 2.05) is 6.92 Å². The van der Waals surface area contributed by atoms with E-state index in [1.54, 1.807) is 56.3 Å². The molecular formula is C32H34N2O7S. The predicted octanol–water partition coefficient (Wildman–Crippen LogP) is 6.15. The quantitative estimate of drug-likeness (QED) is 0.0984. The second-order valence-electron chi connectivity index (χ2n) is 10.4. The van der Waals surface area contributed by atoms with Crippen molar-refractivity contribution in [1.29, 1.82) is 0 Å². The minimum Gasteiger partial charge on any atom is -0.507 e. The average molecular weight is 591 g/mol. The molecule has 2 unspecified atom stereocenters. The van der Waals surface area contributed by atoms with Gasteiger partial charge in [-0.1, -0.05) is 43.2 Å². The summed E-state index contributed by atoms with van der Waals surface area (Å²) in [5.74, 6) is -1.13. The number of esters is 1.